The second-order valence-corrected chi connectivity index (χ2v) is 7.56. The maximum absolute atomic E-state index is 13.0. The summed E-state index contributed by atoms with van der Waals surface area (Å²) in [7, 11) is 1.99. The fourth-order valence-electron chi connectivity index (χ4n) is 4.16. The van der Waals surface area contributed by atoms with Crippen LogP contribution in [0.3, 0.4) is 0 Å². The van der Waals surface area contributed by atoms with Crippen LogP contribution in [0.2, 0.25) is 0 Å². The molecule has 2 saturated heterocycles. The Hall–Kier alpha value is -2.73. The molecule has 1 aromatic carbocycles. The summed E-state index contributed by atoms with van der Waals surface area (Å²) in [5, 5.41) is 0. The zero-order valence-electron chi connectivity index (χ0n) is 15.8. The van der Waals surface area contributed by atoms with Crippen LogP contribution in [-0.2, 0) is 4.79 Å². The van der Waals surface area contributed by atoms with Gasteiger partial charge in [0.15, 0.2) is 0 Å². The third-order valence-corrected chi connectivity index (χ3v) is 5.89. The molecule has 2 aliphatic rings. The van der Waals surface area contributed by atoms with Gasteiger partial charge in [-0.05, 0) is 44.2 Å². The molecule has 2 amide bonds. The van der Waals surface area contributed by atoms with Gasteiger partial charge >= 0.3 is 0 Å². The summed E-state index contributed by atoms with van der Waals surface area (Å²) in [6.45, 7) is 4.22. The van der Waals surface area contributed by atoms with E-state index in [1.807, 2.05) is 60.2 Å². The number of aryl methyl sites for hydroxylation is 1. The Balaban J connectivity index is 1.57. The Morgan fingerprint density at radius 1 is 1.15 bits per heavy atom. The molecule has 1 spiro atoms. The lowest BCUT2D eigenvalue weighted by Gasteiger charge is -2.46. The molecule has 6 nitrogen and oxygen atoms in total. The molecule has 2 aliphatic heterocycles. The van der Waals surface area contributed by atoms with Gasteiger partial charge in [-0.25, -0.2) is 0 Å². The maximum Gasteiger partial charge on any atom is 0.254 e. The number of likely N-dealkylation sites (N-methyl/N-ethyl adjacent to an activating group) is 1. The minimum Gasteiger partial charge on any atom is -0.337 e. The van der Waals surface area contributed by atoms with E-state index >= 15 is 0 Å². The van der Waals surface area contributed by atoms with Crippen LogP contribution >= 0.6 is 0 Å². The number of carbonyl (C=O) groups is 2. The van der Waals surface area contributed by atoms with E-state index in [9.17, 15) is 9.59 Å². The highest BCUT2D eigenvalue weighted by molar-refractivity contribution is 5.97. The highest BCUT2D eigenvalue weighted by atomic mass is 16.2. The van der Waals surface area contributed by atoms with Gasteiger partial charge in [0, 0.05) is 31.4 Å². The minimum absolute atomic E-state index is 0.0693. The Kier molecular flexibility index (Phi) is 4.44. The van der Waals surface area contributed by atoms with Crippen LogP contribution in [0.15, 0.2) is 48.8 Å². The van der Waals surface area contributed by atoms with Crippen molar-refractivity contribution in [2.24, 2.45) is 0 Å². The number of rotatable bonds is 2. The molecule has 1 atom stereocenters. The number of hydrogen-bond donors (Lipinski definition) is 0. The average Bonchev–Trinajstić information content (AvgIpc) is 3.11. The molecule has 2 fully saturated rings. The van der Waals surface area contributed by atoms with E-state index in [-0.39, 0.29) is 17.4 Å². The standard InChI is InChI=1S/C21H24N4O2/c1-16-6-3-4-8-18(16)20(27)24-11-9-21(14-24)15-25(19(26)13-23(21)2)17-7-5-10-22-12-17/h3-8,10,12H,9,11,13-15H2,1-2H3. The first kappa shape index (κ1) is 17.7. The van der Waals surface area contributed by atoms with Gasteiger partial charge in [0.05, 0.1) is 24.0 Å². The monoisotopic (exact) mass is 364 g/mol. The molecule has 1 unspecified atom stereocenters. The summed E-state index contributed by atoms with van der Waals surface area (Å²) in [5.41, 5.74) is 2.35. The van der Waals surface area contributed by atoms with Gasteiger partial charge in [-0.1, -0.05) is 18.2 Å². The number of hydrogen-bond acceptors (Lipinski definition) is 4. The van der Waals surface area contributed by atoms with E-state index in [4.69, 9.17) is 0 Å². The first-order chi connectivity index (χ1) is 13.0. The first-order valence-electron chi connectivity index (χ1n) is 9.27. The molecule has 6 heteroatoms. The molecular weight excluding hydrogens is 340 g/mol. The van der Waals surface area contributed by atoms with Gasteiger partial charge in [0.2, 0.25) is 5.91 Å². The summed E-state index contributed by atoms with van der Waals surface area (Å²) < 4.78 is 0. The van der Waals surface area contributed by atoms with E-state index < -0.39 is 0 Å². The van der Waals surface area contributed by atoms with Crippen molar-refractivity contribution in [2.75, 3.05) is 38.1 Å². The molecule has 0 aliphatic carbocycles. The topological polar surface area (TPSA) is 56.8 Å². The fourth-order valence-corrected chi connectivity index (χ4v) is 4.16. The minimum atomic E-state index is -0.220. The summed E-state index contributed by atoms with van der Waals surface area (Å²) in [6, 6.07) is 11.5. The molecule has 2 aromatic rings. The summed E-state index contributed by atoms with van der Waals surface area (Å²) in [4.78, 5) is 35.6. The molecule has 140 valence electrons. The van der Waals surface area contributed by atoms with E-state index in [1.165, 1.54) is 0 Å². The number of benzene rings is 1. The number of piperazine rings is 1. The van der Waals surface area contributed by atoms with Crippen molar-refractivity contribution >= 4 is 17.5 Å². The van der Waals surface area contributed by atoms with Gasteiger partial charge < -0.3 is 9.80 Å². The van der Waals surface area contributed by atoms with E-state index in [0.717, 1.165) is 23.2 Å². The smallest absolute Gasteiger partial charge is 0.254 e. The lowest BCUT2D eigenvalue weighted by atomic mass is 9.92. The first-order valence-corrected chi connectivity index (χ1v) is 9.27. The van der Waals surface area contributed by atoms with Gasteiger partial charge in [0.25, 0.3) is 5.91 Å². The number of aromatic nitrogens is 1. The summed E-state index contributed by atoms with van der Waals surface area (Å²) in [6.07, 6.45) is 4.28. The lowest BCUT2D eigenvalue weighted by molar-refractivity contribution is -0.123. The molecular formula is C21H24N4O2. The number of nitrogens with zero attached hydrogens (tertiary/aromatic N) is 4. The molecule has 27 heavy (non-hydrogen) atoms. The van der Waals surface area contributed by atoms with Crippen LogP contribution < -0.4 is 4.90 Å². The van der Waals surface area contributed by atoms with Gasteiger partial charge in [-0.3, -0.25) is 19.5 Å². The molecule has 0 bridgehead atoms. The van der Waals surface area contributed by atoms with Crippen molar-refractivity contribution in [1.82, 2.24) is 14.8 Å². The number of pyridine rings is 1. The van der Waals surface area contributed by atoms with Crippen LogP contribution in [0.25, 0.3) is 0 Å². The predicted molar refractivity (Wildman–Crippen MR) is 104 cm³/mol. The van der Waals surface area contributed by atoms with Crippen LogP contribution in [-0.4, -0.2) is 65.4 Å². The average molecular weight is 364 g/mol. The number of likely N-dealkylation sites (tertiary alicyclic amines) is 1. The third kappa shape index (κ3) is 3.10. The second kappa shape index (κ2) is 6.78. The van der Waals surface area contributed by atoms with Crippen molar-refractivity contribution in [2.45, 2.75) is 18.9 Å². The van der Waals surface area contributed by atoms with Gasteiger partial charge in [0.1, 0.15) is 0 Å². The SMILES string of the molecule is Cc1ccccc1C(=O)N1CCC2(C1)CN(c1cccnc1)C(=O)CN2C. The van der Waals surface area contributed by atoms with Crippen molar-refractivity contribution in [3.63, 3.8) is 0 Å². The molecule has 0 radical (unpaired) electrons. The number of anilines is 1. The Bertz CT molecular complexity index is 869. The van der Waals surface area contributed by atoms with Gasteiger partial charge in [-0.15, -0.1) is 0 Å². The third-order valence-electron chi connectivity index (χ3n) is 5.89. The van der Waals surface area contributed by atoms with Crippen LogP contribution in [0.1, 0.15) is 22.3 Å². The highest BCUT2D eigenvalue weighted by Crippen LogP contribution is 2.34. The highest BCUT2D eigenvalue weighted by Gasteiger charge is 2.48. The fraction of sp³-hybridized carbons (Fsp3) is 0.381. The van der Waals surface area contributed by atoms with Crippen molar-refractivity contribution in [3.05, 3.63) is 59.9 Å². The van der Waals surface area contributed by atoms with Crippen LogP contribution in [0.5, 0.6) is 0 Å². The van der Waals surface area contributed by atoms with Crippen molar-refractivity contribution < 1.29 is 9.59 Å². The Labute approximate surface area is 159 Å². The Morgan fingerprint density at radius 3 is 2.70 bits per heavy atom. The summed E-state index contributed by atoms with van der Waals surface area (Å²) in [5.74, 6) is 0.142. The Morgan fingerprint density at radius 2 is 1.96 bits per heavy atom. The van der Waals surface area contributed by atoms with Crippen molar-refractivity contribution in [3.8, 4) is 0 Å². The van der Waals surface area contributed by atoms with Crippen LogP contribution in [0.4, 0.5) is 5.69 Å². The zero-order chi connectivity index (χ0) is 19.0. The van der Waals surface area contributed by atoms with E-state index in [0.29, 0.717) is 26.2 Å². The maximum atomic E-state index is 13.0. The molecule has 4 rings (SSSR count). The lowest BCUT2D eigenvalue weighted by Crippen LogP contribution is -2.64. The molecule has 3 heterocycles. The molecule has 0 saturated carbocycles. The number of carbonyl (C=O) groups excluding carboxylic acids is 2. The van der Waals surface area contributed by atoms with E-state index in [1.54, 1.807) is 12.4 Å². The number of amides is 2. The summed E-state index contributed by atoms with van der Waals surface area (Å²) >= 11 is 0. The predicted octanol–water partition coefficient (Wildman–Crippen LogP) is 1.95. The quantitative estimate of drug-likeness (QED) is 0.817. The van der Waals surface area contributed by atoms with E-state index in [2.05, 4.69) is 9.88 Å². The van der Waals surface area contributed by atoms with Crippen LogP contribution in [0, 0.1) is 6.92 Å². The molecule has 1 aromatic heterocycles. The normalized spacial score (nSPS) is 23.3. The van der Waals surface area contributed by atoms with Crippen molar-refractivity contribution in [1.29, 1.82) is 0 Å². The zero-order valence-corrected chi connectivity index (χ0v) is 15.8. The van der Waals surface area contributed by atoms with Gasteiger partial charge in [-0.2, -0.15) is 0 Å². The second-order valence-electron chi connectivity index (χ2n) is 7.56. The molecule has 0 N–H and O–H groups in total. The largest absolute Gasteiger partial charge is 0.337 e.